The number of tetrazole rings is 1. The van der Waals surface area contributed by atoms with Crippen LogP contribution in [0.4, 0.5) is 5.69 Å². The van der Waals surface area contributed by atoms with Gasteiger partial charge in [0.2, 0.25) is 11.3 Å². The van der Waals surface area contributed by atoms with Crippen LogP contribution in [0, 0.1) is 0 Å². The first kappa shape index (κ1) is 9.52. The number of nitrogen functional groups attached to an aromatic ring is 1. The second-order valence-corrected chi connectivity index (χ2v) is 3.52. The van der Waals surface area contributed by atoms with Crippen LogP contribution in [0.1, 0.15) is 0 Å². The molecule has 0 amide bonds. The molecule has 2 heterocycles. The molecule has 0 fully saturated rings. The van der Waals surface area contributed by atoms with Crippen molar-refractivity contribution in [2.24, 2.45) is 0 Å². The summed E-state index contributed by atoms with van der Waals surface area (Å²) >= 11 is 0. The number of anilines is 1. The highest BCUT2D eigenvalue weighted by Crippen LogP contribution is 2.19. The molecule has 0 atom stereocenters. The van der Waals surface area contributed by atoms with E-state index in [-0.39, 0.29) is 16.9 Å². The molecule has 0 aliphatic carbocycles. The van der Waals surface area contributed by atoms with Crippen LogP contribution < -0.4 is 11.2 Å². The standard InChI is InChI=1S/C10H8N6O/c11-7-8(10-13-15-16-14-10)12-6-4-2-1-3-5(6)9(7)17/h1-4H,11H2,(H,12,17)(H,13,14,15,16). The normalized spacial score (nSPS) is 10.8. The topological polar surface area (TPSA) is 113 Å². The van der Waals surface area contributed by atoms with Crippen LogP contribution in [0.5, 0.6) is 0 Å². The smallest absolute Gasteiger partial charge is 0.223 e. The van der Waals surface area contributed by atoms with Crippen molar-refractivity contribution in [2.75, 3.05) is 5.73 Å². The maximum absolute atomic E-state index is 12.0. The highest BCUT2D eigenvalue weighted by molar-refractivity contribution is 5.86. The molecule has 4 N–H and O–H groups in total. The van der Waals surface area contributed by atoms with Crippen LogP contribution in [0.25, 0.3) is 22.4 Å². The highest BCUT2D eigenvalue weighted by atomic mass is 16.1. The van der Waals surface area contributed by atoms with Crippen molar-refractivity contribution in [3.8, 4) is 11.5 Å². The van der Waals surface area contributed by atoms with Gasteiger partial charge < -0.3 is 10.7 Å². The first-order chi connectivity index (χ1) is 8.27. The van der Waals surface area contributed by atoms with Crippen LogP contribution in [0.3, 0.4) is 0 Å². The van der Waals surface area contributed by atoms with E-state index in [1.54, 1.807) is 18.2 Å². The summed E-state index contributed by atoms with van der Waals surface area (Å²) in [5, 5.41) is 13.9. The van der Waals surface area contributed by atoms with Crippen molar-refractivity contribution >= 4 is 16.6 Å². The van der Waals surface area contributed by atoms with Gasteiger partial charge in [-0.2, -0.15) is 5.21 Å². The summed E-state index contributed by atoms with van der Waals surface area (Å²) in [7, 11) is 0. The molecule has 7 nitrogen and oxygen atoms in total. The molecule has 0 aliphatic rings. The molecule has 0 spiro atoms. The van der Waals surface area contributed by atoms with Gasteiger partial charge in [0.15, 0.2) is 0 Å². The molecule has 0 saturated carbocycles. The molecule has 3 aromatic rings. The van der Waals surface area contributed by atoms with E-state index in [2.05, 4.69) is 25.6 Å². The zero-order valence-electron chi connectivity index (χ0n) is 8.64. The third kappa shape index (κ3) is 1.36. The Hall–Kier alpha value is -2.70. The quantitative estimate of drug-likeness (QED) is 0.554. The van der Waals surface area contributed by atoms with E-state index < -0.39 is 0 Å². The number of aromatic amines is 2. The third-order valence-electron chi connectivity index (χ3n) is 2.51. The molecule has 2 aromatic heterocycles. The van der Waals surface area contributed by atoms with Gasteiger partial charge in [-0.3, -0.25) is 4.79 Å². The molecule has 0 bridgehead atoms. The van der Waals surface area contributed by atoms with Crippen molar-refractivity contribution in [3.63, 3.8) is 0 Å². The molecule has 84 valence electrons. The van der Waals surface area contributed by atoms with Gasteiger partial charge in [-0.05, 0) is 17.3 Å². The molecule has 0 radical (unpaired) electrons. The van der Waals surface area contributed by atoms with Gasteiger partial charge in [0.05, 0.1) is 0 Å². The Kier molecular flexibility index (Phi) is 1.91. The monoisotopic (exact) mass is 228 g/mol. The Balaban J connectivity index is 2.42. The second-order valence-electron chi connectivity index (χ2n) is 3.52. The Morgan fingerprint density at radius 2 is 2.06 bits per heavy atom. The van der Waals surface area contributed by atoms with E-state index in [1.807, 2.05) is 6.07 Å². The summed E-state index contributed by atoms with van der Waals surface area (Å²) in [4.78, 5) is 15.0. The van der Waals surface area contributed by atoms with E-state index in [0.29, 0.717) is 16.6 Å². The average molecular weight is 228 g/mol. The molecule has 17 heavy (non-hydrogen) atoms. The fourth-order valence-corrected chi connectivity index (χ4v) is 1.69. The molecular weight excluding hydrogens is 220 g/mol. The van der Waals surface area contributed by atoms with Gasteiger partial charge in [0.25, 0.3) is 0 Å². The average Bonchev–Trinajstić information content (AvgIpc) is 2.87. The lowest BCUT2D eigenvalue weighted by atomic mass is 10.1. The number of hydrogen-bond acceptors (Lipinski definition) is 5. The van der Waals surface area contributed by atoms with Crippen molar-refractivity contribution < 1.29 is 0 Å². The summed E-state index contributed by atoms with van der Waals surface area (Å²) in [5.41, 5.74) is 6.69. The van der Waals surface area contributed by atoms with Gasteiger partial charge >= 0.3 is 0 Å². The fourth-order valence-electron chi connectivity index (χ4n) is 1.69. The predicted octanol–water partition coefficient (Wildman–Crippen LogP) is 0.290. The Morgan fingerprint density at radius 3 is 2.82 bits per heavy atom. The van der Waals surface area contributed by atoms with Gasteiger partial charge in [-0.25, -0.2) is 0 Å². The fraction of sp³-hybridized carbons (Fsp3) is 0. The summed E-state index contributed by atoms with van der Waals surface area (Å²) in [6.45, 7) is 0. The number of benzene rings is 1. The van der Waals surface area contributed by atoms with Gasteiger partial charge in [0, 0.05) is 10.9 Å². The lowest BCUT2D eigenvalue weighted by Crippen LogP contribution is -2.12. The van der Waals surface area contributed by atoms with E-state index >= 15 is 0 Å². The number of nitrogens with two attached hydrogens (primary N) is 1. The van der Waals surface area contributed by atoms with Crippen molar-refractivity contribution in [1.29, 1.82) is 0 Å². The highest BCUT2D eigenvalue weighted by Gasteiger charge is 2.13. The van der Waals surface area contributed by atoms with Gasteiger partial charge in [0.1, 0.15) is 11.4 Å². The Bertz CT molecular complexity index is 730. The number of rotatable bonds is 1. The third-order valence-corrected chi connectivity index (χ3v) is 2.51. The number of hydrogen-bond donors (Lipinski definition) is 3. The minimum absolute atomic E-state index is 0.0881. The van der Waals surface area contributed by atoms with E-state index in [9.17, 15) is 4.79 Å². The maximum Gasteiger partial charge on any atom is 0.223 e. The SMILES string of the molecule is Nc1c(-c2nn[nH]n2)[nH]c2ccccc2c1=O. The van der Waals surface area contributed by atoms with E-state index in [4.69, 9.17) is 5.73 Å². The molecule has 7 heteroatoms. The minimum Gasteiger partial charge on any atom is -0.394 e. The zero-order chi connectivity index (χ0) is 11.8. The number of aromatic nitrogens is 5. The van der Waals surface area contributed by atoms with Crippen LogP contribution >= 0.6 is 0 Å². The van der Waals surface area contributed by atoms with Gasteiger partial charge in [-0.1, -0.05) is 12.1 Å². The summed E-state index contributed by atoms with van der Waals surface area (Å²) in [6, 6.07) is 7.11. The summed E-state index contributed by atoms with van der Waals surface area (Å²) < 4.78 is 0. The number of nitrogens with one attached hydrogen (secondary N) is 2. The number of H-pyrrole nitrogens is 2. The molecular formula is C10H8N6O. The van der Waals surface area contributed by atoms with Crippen LogP contribution in [0.2, 0.25) is 0 Å². The van der Waals surface area contributed by atoms with Crippen LogP contribution in [0.15, 0.2) is 29.1 Å². The second kappa shape index (κ2) is 3.41. The largest absolute Gasteiger partial charge is 0.394 e. The number of pyridine rings is 1. The lowest BCUT2D eigenvalue weighted by molar-refractivity contribution is 0.881. The Labute approximate surface area is 94.7 Å². The van der Waals surface area contributed by atoms with E-state index in [0.717, 1.165) is 0 Å². The van der Waals surface area contributed by atoms with E-state index in [1.165, 1.54) is 0 Å². The van der Waals surface area contributed by atoms with Crippen molar-refractivity contribution in [2.45, 2.75) is 0 Å². The summed E-state index contributed by atoms with van der Waals surface area (Å²) in [5.74, 6) is 0.269. The zero-order valence-corrected chi connectivity index (χ0v) is 8.64. The molecule has 3 rings (SSSR count). The van der Waals surface area contributed by atoms with Gasteiger partial charge in [-0.15, -0.1) is 10.2 Å². The minimum atomic E-state index is -0.237. The first-order valence-corrected chi connectivity index (χ1v) is 4.91. The molecule has 0 unspecified atom stereocenters. The first-order valence-electron chi connectivity index (χ1n) is 4.91. The predicted molar refractivity (Wildman–Crippen MR) is 62.2 cm³/mol. The van der Waals surface area contributed by atoms with Crippen LogP contribution in [-0.2, 0) is 0 Å². The number of para-hydroxylation sites is 1. The summed E-state index contributed by atoms with van der Waals surface area (Å²) in [6.07, 6.45) is 0. The van der Waals surface area contributed by atoms with Crippen LogP contribution in [-0.4, -0.2) is 25.6 Å². The molecule has 0 saturated heterocycles. The van der Waals surface area contributed by atoms with Crippen molar-refractivity contribution in [3.05, 3.63) is 34.5 Å². The molecule has 1 aromatic carbocycles. The molecule has 0 aliphatic heterocycles. The Morgan fingerprint density at radius 1 is 1.24 bits per heavy atom. The lowest BCUT2D eigenvalue weighted by Gasteiger charge is -2.04. The maximum atomic E-state index is 12.0. The number of nitrogens with zero attached hydrogens (tertiary/aromatic N) is 3. The van der Waals surface area contributed by atoms with Crippen molar-refractivity contribution in [1.82, 2.24) is 25.6 Å². The number of fused-ring (bicyclic) bond motifs is 1.